The van der Waals surface area contributed by atoms with E-state index in [2.05, 4.69) is 31.9 Å². The molecule has 0 fully saturated rings. The first-order chi connectivity index (χ1) is 27.7. The van der Waals surface area contributed by atoms with E-state index >= 15 is 0 Å². The Kier molecular flexibility index (Phi) is 24.9. The van der Waals surface area contributed by atoms with Crippen LogP contribution in [0.1, 0.15) is 105 Å². The lowest BCUT2D eigenvalue weighted by Gasteiger charge is -2.26. The van der Waals surface area contributed by atoms with Crippen molar-refractivity contribution in [2.45, 2.75) is 141 Å². The van der Waals surface area contributed by atoms with E-state index in [-0.39, 0.29) is 102 Å². The summed E-state index contributed by atoms with van der Waals surface area (Å²) < 4.78 is 11.4. The third-order valence-electron chi connectivity index (χ3n) is 8.97. The molecule has 0 unspecified atom stereocenters. The minimum atomic E-state index is -1.15. The zero-order valence-electron chi connectivity index (χ0n) is 34.7. The van der Waals surface area contributed by atoms with Gasteiger partial charge in [0.25, 0.3) is 0 Å². The van der Waals surface area contributed by atoms with Gasteiger partial charge in [0.1, 0.15) is 0 Å². The maximum Gasteiger partial charge on any atom is 0.305 e. The van der Waals surface area contributed by atoms with Crippen molar-refractivity contribution in [1.82, 2.24) is 31.9 Å². The van der Waals surface area contributed by atoms with E-state index in [1.807, 2.05) is 13.8 Å². The third kappa shape index (κ3) is 26.5. The molecule has 0 bridgehead atoms. The van der Waals surface area contributed by atoms with Gasteiger partial charge in [-0.15, -0.1) is 0 Å². The van der Waals surface area contributed by atoms with Crippen LogP contribution in [-0.2, 0) is 52.6 Å². The second kappa shape index (κ2) is 28.3. The second-order valence-corrected chi connectivity index (χ2v) is 15.5. The van der Waals surface area contributed by atoms with Crippen molar-refractivity contribution in [3.8, 4) is 0 Å². The van der Waals surface area contributed by atoms with Crippen molar-refractivity contribution in [3.05, 3.63) is 12.2 Å². The van der Waals surface area contributed by atoms with Gasteiger partial charge in [-0.3, -0.25) is 43.2 Å². The topological polar surface area (TPSA) is 305 Å². The number of hydrogen-bond donors (Lipinski definition) is 9. The van der Waals surface area contributed by atoms with Gasteiger partial charge in [0, 0.05) is 76.0 Å². The van der Waals surface area contributed by atoms with Crippen molar-refractivity contribution in [2.24, 2.45) is 11.8 Å². The fraction of sp³-hybridized carbons (Fsp3) is 0.718. The van der Waals surface area contributed by atoms with E-state index in [1.54, 1.807) is 26.0 Å². The zero-order chi connectivity index (χ0) is 44.5. The van der Waals surface area contributed by atoms with Gasteiger partial charge in [0.05, 0.1) is 44.9 Å². The molecular weight excluding hydrogens is 776 g/mol. The van der Waals surface area contributed by atoms with E-state index in [4.69, 9.17) is 14.6 Å². The number of carboxylic acid groups (broad SMARTS) is 3. The fourth-order valence-corrected chi connectivity index (χ4v) is 6.26. The van der Waals surface area contributed by atoms with Crippen LogP contribution in [-0.4, -0.2) is 131 Å². The first-order valence-electron chi connectivity index (χ1n) is 19.9. The van der Waals surface area contributed by atoms with Crippen LogP contribution < -0.4 is 31.9 Å². The molecule has 0 saturated carbocycles. The number of aliphatic carboxylic acids is 3. The molecule has 334 valence electrons. The number of nitrogens with one attached hydrogen (secondary N) is 6. The Morgan fingerprint density at radius 1 is 0.712 bits per heavy atom. The summed E-state index contributed by atoms with van der Waals surface area (Å²) in [5, 5.41) is 44.0. The smallest absolute Gasteiger partial charge is 0.305 e. The van der Waals surface area contributed by atoms with Gasteiger partial charge in [0.15, 0.2) is 0 Å². The van der Waals surface area contributed by atoms with Gasteiger partial charge in [-0.1, -0.05) is 39.8 Å². The number of amides is 6. The number of ether oxygens (including phenoxy) is 2. The molecule has 20 nitrogen and oxygen atoms in total. The van der Waals surface area contributed by atoms with Crippen molar-refractivity contribution < 1.29 is 67.9 Å². The highest BCUT2D eigenvalue weighted by Crippen LogP contribution is 2.12. The number of carbonyl (C=O) groups is 9. The molecule has 59 heavy (non-hydrogen) atoms. The molecule has 9 N–H and O–H groups in total. The van der Waals surface area contributed by atoms with Gasteiger partial charge in [-0.05, 0) is 31.1 Å². The average molecular weight is 841 g/mol. The van der Waals surface area contributed by atoms with Crippen LogP contribution >= 0.6 is 0 Å². The molecule has 0 saturated heterocycles. The highest BCUT2D eigenvalue weighted by Gasteiger charge is 2.27. The van der Waals surface area contributed by atoms with E-state index in [9.17, 15) is 53.4 Å². The lowest BCUT2D eigenvalue weighted by Crippen LogP contribution is -2.49. The maximum atomic E-state index is 13.3. The van der Waals surface area contributed by atoms with E-state index in [1.165, 1.54) is 6.92 Å². The van der Waals surface area contributed by atoms with Gasteiger partial charge in [-0.2, -0.15) is 0 Å². The number of carboxylic acids is 3. The number of carbonyl (C=O) groups excluding carboxylic acids is 6. The third-order valence-corrected chi connectivity index (χ3v) is 8.97. The molecule has 20 heteroatoms. The average Bonchev–Trinajstić information content (AvgIpc) is 3.08. The van der Waals surface area contributed by atoms with Gasteiger partial charge < -0.3 is 56.7 Å². The fourth-order valence-electron chi connectivity index (χ4n) is 6.26. The summed E-state index contributed by atoms with van der Waals surface area (Å²) in [6.07, 6.45) is 1.18. The summed E-state index contributed by atoms with van der Waals surface area (Å²) >= 11 is 0. The molecule has 6 amide bonds. The molecule has 0 aromatic carbocycles. The monoisotopic (exact) mass is 840 g/mol. The lowest BCUT2D eigenvalue weighted by atomic mass is 9.99. The van der Waals surface area contributed by atoms with Gasteiger partial charge in [-0.25, -0.2) is 0 Å². The summed E-state index contributed by atoms with van der Waals surface area (Å²) in [5.74, 6) is -6.76. The highest BCUT2D eigenvalue weighted by atomic mass is 16.5. The van der Waals surface area contributed by atoms with Crippen molar-refractivity contribution >= 4 is 53.4 Å². The molecule has 0 aromatic rings. The minimum absolute atomic E-state index is 0.00410. The molecule has 1 rings (SSSR count). The zero-order valence-corrected chi connectivity index (χ0v) is 34.7. The van der Waals surface area contributed by atoms with Crippen LogP contribution in [0.5, 0.6) is 0 Å². The van der Waals surface area contributed by atoms with Crippen LogP contribution in [0.2, 0.25) is 0 Å². The van der Waals surface area contributed by atoms with E-state index < -0.39 is 89.6 Å². The molecule has 1 aliphatic rings. The lowest BCUT2D eigenvalue weighted by molar-refractivity contribution is -0.139. The first kappa shape index (κ1) is 51.9. The highest BCUT2D eigenvalue weighted by molar-refractivity contribution is 5.84. The van der Waals surface area contributed by atoms with Crippen LogP contribution in [0.3, 0.4) is 0 Å². The quantitative estimate of drug-likeness (QED) is 0.0844. The van der Waals surface area contributed by atoms with E-state index in [0.29, 0.717) is 6.42 Å². The predicted molar refractivity (Wildman–Crippen MR) is 211 cm³/mol. The van der Waals surface area contributed by atoms with Gasteiger partial charge in [0.2, 0.25) is 35.4 Å². The van der Waals surface area contributed by atoms with Crippen molar-refractivity contribution in [1.29, 1.82) is 0 Å². The Morgan fingerprint density at radius 2 is 1.31 bits per heavy atom. The van der Waals surface area contributed by atoms with Crippen LogP contribution in [0.15, 0.2) is 12.2 Å². The predicted octanol–water partition coefficient (Wildman–Crippen LogP) is 0.375. The van der Waals surface area contributed by atoms with Crippen molar-refractivity contribution in [3.63, 3.8) is 0 Å². The summed E-state index contributed by atoms with van der Waals surface area (Å²) in [6, 6.07) is -4.84. The summed E-state index contributed by atoms with van der Waals surface area (Å²) in [7, 11) is 0. The maximum absolute atomic E-state index is 13.3. The number of rotatable bonds is 18. The molecule has 6 atom stereocenters. The molecule has 0 radical (unpaired) electrons. The van der Waals surface area contributed by atoms with E-state index in [0.717, 1.165) is 0 Å². The Bertz CT molecular complexity index is 1450. The molecular formula is C39H64N6O14. The summed E-state index contributed by atoms with van der Waals surface area (Å²) in [4.78, 5) is 112. The largest absolute Gasteiger partial charge is 0.481 e. The van der Waals surface area contributed by atoms with Crippen molar-refractivity contribution in [2.75, 3.05) is 26.4 Å². The Morgan fingerprint density at radius 3 is 1.88 bits per heavy atom. The second-order valence-electron chi connectivity index (χ2n) is 15.5. The normalized spacial score (nSPS) is 22.0. The minimum Gasteiger partial charge on any atom is -0.481 e. The van der Waals surface area contributed by atoms with Crippen LogP contribution in [0.25, 0.3) is 0 Å². The molecule has 0 aliphatic carbocycles. The SMILES string of the molecule is CC(=O)N[C@@H](CCC(=O)O)CC(=O)N[C@H]1COC/C=C/COC[C@@H](CC(=O)N[C@@H](CC(=O)O)CC(C)C)NC(=O)C[C@H](CCC(=O)O)NC(=O)C[C@H](C(C)C)NC(=O)C1. The number of hydrogen-bond acceptors (Lipinski definition) is 11. The van der Waals surface area contributed by atoms with Crippen LogP contribution in [0, 0.1) is 11.8 Å². The Balaban J connectivity index is 3.31. The molecule has 0 spiro atoms. The summed E-state index contributed by atoms with van der Waals surface area (Å²) in [5.41, 5.74) is 0. The molecule has 0 aromatic heterocycles. The molecule has 1 heterocycles. The first-order valence-corrected chi connectivity index (χ1v) is 19.9. The molecule has 1 aliphatic heterocycles. The standard InChI is InChI=1S/C39H64N6O14/c1-23(2)14-28(19-39(56)57)42-34(49)17-29-21-58-12-6-7-13-59-22-30(44-32(47)15-26(40-25(5)46)8-10-37(52)53)18-35(50)45-31(24(3)4)20-36(51)41-27(9-11-38(54)55)16-33(48)43-29/h6-7,23-24,26-31H,8-22H2,1-5H3,(H,40,46)(H,41,51)(H,42,49)(H,43,48)(H,44,47)(H,45,50)(H,52,53)(H,54,55)(H,56,57)/b7-6+/t26-,27-,28+,29+,30+,31+/m0/s1. The Labute approximate surface area is 344 Å². The Hall–Kier alpha value is -5.11. The summed E-state index contributed by atoms with van der Waals surface area (Å²) in [6.45, 7) is 8.33. The van der Waals surface area contributed by atoms with Gasteiger partial charge >= 0.3 is 17.9 Å². The van der Waals surface area contributed by atoms with Crippen LogP contribution in [0.4, 0.5) is 0 Å².